The monoisotopic (exact) mass is 328 g/mol. The van der Waals surface area contributed by atoms with E-state index in [0.29, 0.717) is 19.0 Å². The first-order chi connectivity index (χ1) is 11.3. The number of piperidine rings is 1. The average Bonchev–Trinajstić information content (AvgIpc) is 2.53. The minimum Gasteiger partial charge on any atom is -0.444 e. The maximum Gasteiger partial charge on any atom is 0.410 e. The average molecular weight is 328 g/mol. The van der Waals surface area contributed by atoms with Gasteiger partial charge < -0.3 is 14.6 Å². The fourth-order valence-electron chi connectivity index (χ4n) is 3.24. The molecule has 0 unspecified atom stereocenters. The summed E-state index contributed by atoms with van der Waals surface area (Å²) in [5.74, 6) is 0.338. The maximum absolute atomic E-state index is 12.2. The Morgan fingerprint density at radius 3 is 2.54 bits per heavy atom. The van der Waals surface area contributed by atoms with Crippen molar-refractivity contribution < 1.29 is 9.53 Å². The molecule has 1 fully saturated rings. The summed E-state index contributed by atoms with van der Waals surface area (Å²) in [7, 11) is 0. The van der Waals surface area contributed by atoms with Gasteiger partial charge in [0.2, 0.25) is 5.56 Å². The number of carbonyl (C=O) groups excluding carboxylic acids is 1. The summed E-state index contributed by atoms with van der Waals surface area (Å²) >= 11 is 0. The number of ether oxygens (including phenoxy) is 1. The molecule has 1 aliphatic heterocycles. The number of aromatic amines is 1. The first kappa shape index (κ1) is 16.6. The van der Waals surface area contributed by atoms with Crippen molar-refractivity contribution in [3.63, 3.8) is 0 Å². The number of carbonyl (C=O) groups is 1. The molecule has 128 valence electrons. The van der Waals surface area contributed by atoms with Crippen LogP contribution in [0.15, 0.2) is 35.1 Å². The molecule has 0 atom stereocenters. The molecular weight excluding hydrogens is 304 g/mol. The molecule has 0 saturated carbocycles. The van der Waals surface area contributed by atoms with Gasteiger partial charge in [0.25, 0.3) is 0 Å². The number of fused-ring (bicyclic) bond motifs is 1. The molecule has 3 rings (SSSR count). The minimum atomic E-state index is -0.469. The van der Waals surface area contributed by atoms with Gasteiger partial charge in [0.15, 0.2) is 0 Å². The molecule has 0 bridgehead atoms. The lowest BCUT2D eigenvalue weighted by Crippen LogP contribution is -2.41. The normalized spacial score (nSPS) is 16.4. The zero-order valence-corrected chi connectivity index (χ0v) is 14.5. The summed E-state index contributed by atoms with van der Waals surface area (Å²) < 4.78 is 5.44. The van der Waals surface area contributed by atoms with E-state index in [2.05, 4.69) is 11.1 Å². The third-order valence-electron chi connectivity index (χ3n) is 4.38. The number of nitrogens with one attached hydrogen (secondary N) is 1. The van der Waals surface area contributed by atoms with E-state index in [0.717, 1.165) is 29.3 Å². The van der Waals surface area contributed by atoms with E-state index in [4.69, 9.17) is 4.74 Å². The highest BCUT2D eigenvalue weighted by molar-refractivity contribution is 5.82. The molecule has 5 heteroatoms. The van der Waals surface area contributed by atoms with Gasteiger partial charge in [0, 0.05) is 19.2 Å². The van der Waals surface area contributed by atoms with Crippen molar-refractivity contribution in [1.29, 1.82) is 0 Å². The Labute approximate surface area is 141 Å². The Morgan fingerprint density at radius 2 is 1.88 bits per heavy atom. The van der Waals surface area contributed by atoms with Crippen molar-refractivity contribution in [3.05, 3.63) is 46.2 Å². The minimum absolute atomic E-state index is 0.0823. The largest absolute Gasteiger partial charge is 0.444 e. The molecule has 0 radical (unpaired) electrons. The lowest BCUT2D eigenvalue weighted by atomic mass is 9.88. The van der Waals surface area contributed by atoms with E-state index >= 15 is 0 Å². The zero-order chi connectivity index (χ0) is 17.3. The Hall–Kier alpha value is -2.30. The fraction of sp³-hybridized carbons (Fsp3) is 0.474. The molecule has 0 aliphatic carbocycles. The number of aromatic nitrogens is 1. The lowest BCUT2D eigenvalue weighted by Gasteiger charge is -2.33. The lowest BCUT2D eigenvalue weighted by molar-refractivity contribution is 0.0205. The van der Waals surface area contributed by atoms with Crippen LogP contribution in [0.25, 0.3) is 10.9 Å². The third kappa shape index (κ3) is 3.61. The van der Waals surface area contributed by atoms with E-state index in [9.17, 15) is 9.59 Å². The topological polar surface area (TPSA) is 62.4 Å². The highest BCUT2D eigenvalue weighted by Gasteiger charge is 2.28. The Balaban J connectivity index is 1.75. The quantitative estimate of drug-likeness (QED) is 0.869. The number of hydrogen-bond donors (Lipinski definition) is 1. The number of benzene rings is 1. The second-order valence-electron chi connectivity index (χ2n) is 7.38. The Kier molecular flexibility index (Phi) is 4.35. The van der Waals surface area contributed by atoms with E-state index in [1.54, 1.807) is 11.0 Å². The van der Waals surface area contributed by atoms with Crippen LogP contribution in [-0.4, -0.2) is 34.7 Å². The molecule has 1 aliphatic rings. The van der Waals surface area contributed by atoms with Crippen molar-refractivity contribution in [2.45, 2.75) is 45.1 Å². The number of pyridine rings is 1. The van der Waals surface area contributed by atoms with Crippen LogP contribution < -0.4 is 5.56 Å². The van der Waals surface area contributed by atoms with Crippen molar-refractivity contribution >= 4 is 17.0 Å². The van der Waals surface area contributed by atoms with Gasteiger partial charge >= 0.3 is 6.09 Å². The van der Waals surface area contributed by atoms with Crippen LogP contribution in [-0.2, 0) is 4.74 Å². The van der Waals surface area contributed by atoms with Crippen LogP contribution in [0.5, 0.6) is 0 Å². The molecule has 2 heterocycles. The maximum atomic E-state index is 12.2. The van der Waals surface area contributed by atoms with E-state index in [-0.39, 0.29) is 11.7 Å². The number of likely N-dealkylation sites (tertiary alicyclic amines) is 1. The van der Waals surface area contributed by atoms with Gasteiger partial charge in [0.1, 0.15) is 5.60 Å². The number of rotatable bonds is 1. The van der Waals surface area contributed by atoms with Crippen molar-refractivity contribution in [2.75, 3.05) is 13.1 Å². The van der Waals surface area contributed by atoms with Gasteiger partial charge in [-0.25, -0.2) is 4.79 Å². The molecule has 1 N–H and O–H groups in total. The van der Waals surface area contributed by atoms with Gasteiger partial charge in [-0.3, -0.25) is 4.79 Å². The van der Waals surface area contributed by atoms with Crippen LogP contribution in [0.4, 0.5) is 4.79 Å². The highest BCUT2D eigenvalue weighted by atomic mass is 16.6. The first-order valence-electron chi connectivity index (χ1n) is 8.43. The van der Waals surface area contributed by atoms with Gasteiger partial charge in [-0.1, -0.05) is 18.2 Å². The number of H-pyrrole nitrogens is 1. The third-order valence-corrected chi connectivity index (χ3v) is 4.38. The van der Waals surface area contributed by atoms with Crippen LogP contribution in [0.1, 0.15) is 45.1 Å². The molecule has 1 saturated heterocycles. The molecule has 0 spiro atoms. The summed E-state index contributed by atoms with van der Waals surface area (Å²) in [5.41, 5.74) is 1.53. The molecule has 1 aromatic carbocycles. The molecular formula is C19H24N2O3. The van der Waals surface area contributed by atoms with Gasteiger partial charge in [-0.05, 0) is 56.5 Å². The van der Waals surface area contributed by atoms with Crippen LogP contribution >= 0.6 is 0 Å². The molecule has 5 nitrogen and oxygen atoms in total. The van der Waals surface area contributed by atoms with E-state index < -0.39 is 5.60 Å². The summed E-state index contributed by atoms with van der Waals surface area (Å²) in [5, 5.41) is 1.04. The number of hydrogen-bond acceptors (Lipinski definition) is 3. The van der Waals surface area contributed by atoms with E-state index in [1.807, 2.05) is 39.0 Å². The SMILES string of the molecule is CC(C)(C)OC(=O)N1CCC(c2cccc3ccc(=O)[nH]c23)CC1. The zero-order valence-electron chi connectivity index (χ0n) is 14.5. The Morgan fingerprint density at radius 1 is 1.17 bits per heavy atom. The van der Waals surface area contributed by atoms with Gasteiger partial charge in [0.05, 0.1) is 5.52 Å². The molecule has 1 amide bonds. The number of nitrogens with zero attached hydrogens (tertiary/aromatic N) is 1. The smallest absolute Gasteiger partial charge is 0.410 e. The van der Waals surface area contributed by atoms with Crippen LogP contribution in [0.3, 0.4) is 0 Å². The van der Waals surface area contributed by atoms with E-state index in [1.165, 1.54) is 0 Å². The molecule has 2 aromatic rings. The standard InChI is InChI=1S/C19H24N2O3/c1-19(2,3)24-18(23)21-11-9-13(10-12-21)15-6-4-5-14-7-8-16(22)20-17(14)15/h4-8,13H,9-12H2,1-3H3,(H,20,22). The predicted octanol–water partition coefficient (Wildman–Crippen LogP) is 3.64. The van der Waals surface area contributed by atoms with Gasteiger partial charge in [-0.2, -0.15) is 0 Å². The van der Waals surface area contributed by atoms with Crippen LogP contribution in [0, 0.1) is 0 Å². The van der Waals surface area contributed by atoms with Crippen molar-refractivity contribution in [3.8, 4) is 0 Å². The predicted molar refractivity (Wildman–Crippen MR) is 94.4 cm³/mol. The molecule has 1 aromatic heterocycles. The van der Waals surface area contributed by atoms with Crippen molar-refractivity contribution in [1.82, 2.24) is 9.88 Å². The van der Waals surface area contributed by atoms with Crippen molar-refractivity contribution in [2.24, 2.45) is 0 Å². The molecule has 24 heavy (non-hydrogen) atoms. The first-order valence-corrected chi connectivity index (χ1v) is 8.43. The second-order valence-corrected chi connectivity index (χ2v) is 7.38. The summed E-state index contributed by atoms with van der Waals surface area (Å²) in [6.07, 6.45) is 1.50. The van der Waals surface area contributed by atoms with Crippen LogP contribution in [0.2, 0.25) is 0 Å². The van der Waals surface area contributed by atoms with Gasteiger partial charge in [-0.15, -0.1) is 0 Å². The second kappa shape index (κ2) is 6.30. The highest BCUT2D eigenvalue weighted by Crippen LogP contribution is 2.32. The fourth-order valence-corrected chi connectivity index (χ4v) is 3.24. The summed E-state index contributed by atoms with van der Waals surface area (Å²) in [6, 6.07) is 9.51. The number of para-hydroxylation sites is 1. The number of amides is 1. The summed E-state index contributed by atoms with van der Waals surface area (Å²) in [4.78, 5) is 28.6. The Bertz CT molecular complexity index is 796. The summed E-state index contributed by atoms with van der Waals surface area (Å²) in [6.45, 7) is 6.98.